The zero-order valence-corrected chi connectivity index (χ0v) is 16.5. The monoisotopic (exact) mass is 396 g/mol. The third-order valence-electron chi connectivity index (χ3n) is 5.28. The summed E-state index contributed by atoms with van der Waals surface area (Å²) in [5.74, 6) is -0.430. The van der Waals surface area contributed by atoms with Crippen LogP contribution in [0.15, 0.2) is 52.9 Å². The maximum atomic E-state index is 13.5. The van der Waals surface area contributed by atoms with Crippen LogP contribution in [0.3, 0.4) is 0 Å². The molecule has 1 aliphatic heterocycles. The van der Waals surface area contributed by atoms with Crippen LogP contribution in [0.5, 0.6) is 0 Å². The van der Waals surface area contributed by atoms with Gasteiger partial charge in [0.05, 0.1) is 6.10 Å². The highest BCUT2D eigenvalue weighted by Crippen LogP contribution is 2.26. The molecule has 0 aliphatic carbocycles. The van der Waals surface area contributed by atoms with Crippen molar-refractivity contribution in [3.63, 3.8) is 0 Å². The van der Waals surface area contributed by atoms with Gasteiger partial charge in [-0.2, -0.15) is 0 Å². The van der Waals surface area contributed by atoms with Crippen LogP contribution in [0, 0.1) is 12.7 Å². The highest BCUT2D eigenvalue weighted by atomic mass is 19.1. The van der Waals surface area contributed by atoms with E-state index >= 15 is 0 Å². The van der Waals surface area contributed by atoms with E-state index in [0.717, 1.165) is 26.1 Å². The molecule has 29 heavy (non-hydrogen) atoms. The summed E-state index contributed by atoms with van der Waals surface area (Å²) in [5, 5.41) is 3.54. The molecule has 1 amide bonds. The number of aryl methyl sites for hydroxylation is 1. The third-order valence-corrected chi connectivity index (χ3v) is 5.28. The number of carbonyl (C=O) groups excluding carboxylic acids is 1. The van der Waals surface area contributed by atoms with Crippen molar-refractivity contribution in [1.29, 1.82) is 0 Å². The van der Waals surface area contributed by atoms with E-state index in [2.05, 4.69) is 22.3 Å². The van der Waals surface area contributed by atoms with Gasteiger partial charge < -0.3 is 14.5 Å². The number of hydrogen-bond donors (Lipinski definition) is 1. The second-order valence-electron chi connectivity index (χ2n) is 7.47. The largest absolute Gasteiger partial charge is 0.451 e. The van der Waals surface area contributed by atoms with Crippen LogP contribution >= 0.6 is 0 Å². The van der Waals surface area contributed by atoms with Gasteiger partial charge in [-0.3, -0.25) is 9.69 Å². The highest BCUT2D eigenvalue weighted by Gasteiger charge is 2.22. The molecule has 4 rings (SSSR count). The zero-order valence-electron chi connectivity index (χ0n) is 16.5. The van der Waals surface area contributed by atoms with E-state index in [4.69, 9.17) is 9.15 Å². The molecule has 2 heterocycles. The van der Waals surface area contributed by atoms with Crippen LogP contribution in [0.1, 0.15) is 28.1 Å². The van der Waals surface area contributed by atoms with Gasteiger partial charge in [0.1, 0.15) is 11.4 Å². The summed E-state index contributed by atoms with van der Waals surface area (Å²) >= 11 is 0. The van der Waals surface area contributed by atoms with Crippen LogP contribution in [-0.2, 0) is 11.3 Å². The summed E-state index contributed by atoms with van der Waals surface area (Å²) in [6.45, 7) is 5.42. The number of benzene rings is 2. The highest BCUT2D eigenvalue weighted by molar-refractivity contribution is 5.98. The molecule has 1 atom stereocenters. The van der Waals surface area contributed by atoms with Gasteiger partial charge in [0.15, 0.2) is 5.76 Å². The van der Waals surface area contributed by atoms with Gasteiger partial charge in [0.2, 0.25) is 0 Å². The lowest BCUT2D eigenvalue weighted by Gasteiger charge is -2.24. The summed E-state index contributed by atoms with van der Waals surface area (Å²) in [5.41, 5.74) is 2.42. The first-order chi connectivity index (χ1) is 14.1. The fourth-order valence-corrected chi connectivity index (χ4v) is 3.78. The topological polar surface area (TPSA) is 54.7 Å². The Bertz CT molecular complexity index is 986. The lowest BCUT2D eigenvalue weighted by molar-refractivity contribution is 0.0506. The van der Waals surface area contributed by atoms with Crippen molar-refractivity contribution in [2.45, 2.75) is 26.0 Å². The Labute approximate surface area is 169 Å². The van der Waals surface area contributed by atoms with E-state index in [1.165, 1.54) is 17.7 Å². The Balaban J connectivity index is 1.38. The zero-order chi connectivity index (χ0) is 20.2. The molecule has 0 spiro atoms. The van der Waals surface area contributed by atoms with E-state index < -0.39 is 0 Å². The minimum absolute atomic E-state index is 0.0905. The molecule has 3 aromatic rings. The minimum atomic E-state index is -0.348. The lowest BCUT2D eigenvalue weighted by atomic mass is 10.1. The lowest BCUT2D eigenvalue weighted by Crippen LogP contribution is -2.40. The van der Waals surface area contributed by atoms with Crippen molar-refractivity contribution < 1.29 is 18.3 Å². The summed E-state index contributed by atoms with van der Waals surface area (Å²) in [6.07, 6.45) is 0.873. The van der Waals surface area contributed by atoms with Crippen molar-refractivity contribution in [2.24, 2.45) is 0 Å². The molecule has 2 aromatic carbocycles. The number of carbonyl (C=O) groups is 1. The molecule has 0 bridgehead atoms. The number of amides is 1. The Kier molecular flexibility index (Phi) is 5.92. The van der Waals surface area contributed by atoms with Gasteiger partial charge >= 0.3 is 0 Å². The number of hydrogen-bond acceptors (Lipinski definition) is 4. The average molecular weight is 396 g/mol. The van der Waals surface area contributed by atoms with E-state index in [9.17, 15) is 9.18 Å². The van der Waals surface area contributed by atoms with Crippen LogP contribution in [0.4, 0.5) is 4.39 Å². The molecule has 6 heteroatoms. The fourth-order valence-electron chi connectivity index (χ4n) is 3.78. The molecule has 0 saturated carbocycles. The number of ether oxygens (including phenoxy) is 1. The van der Waals surface area contributed by atoms with Crippen molar-refractivity contribution in [2.75, 3.05) is 26.2 Å². The Hall–Kier alpha value is -2.70. The predicted octanol–water partition coefficient (Wildman–Crippen LogP) is 3.90. The molecule has 1 unspecified atom stereocenters. The number of halogens is 1. The average Bonchev–Trinajstić information content (AvgIpc) is 2.90. The molecule has 152 valence electrons. The summed E-state index contributed by atoms with van der Waals surface area (Å²) in [6, 6.07) is 14.6. The first kappa shape index (κ1) is 19.6. The third kappa shape index (κ3) is 4.66. The SMILES string of the molecule is Cc1c(C(=O)NCC2CN(Cc3ccccc3)CCCO2)oc2ccc(F)cc12. The molecule has 1 fully saturated rings. The molecule has 5 nitrogen and oxygen atoms in total. The number of nitrogens with one attached hydrogen (secondary N) is 1. The molecule has 1 saturated heterocycles. The molecule has 1 N–H and O–H groups in total. The van der Waals surface area contributed by atoms with Crippen molar-refractivity contribution in [3.05, 3.63) is 71.2 Å². The number of fused-ring (bicyclic) bond motifs is 1. The van der Waals surface area contributed by atoms with Crippen molar-refractivity contribution in [3.8, 4) is 0 Å². The molecule has 1 aliphatic rings. The van der Waals surface area contributed by atoms with E-state index in [-0.39, 0.29) is 23.6 Å². The van der Waals surface area contributed by atoms with Gasteiger partial charge in [-0.15, -0.1) is 0 Å². The molecular formula is C23H25FN2O3. The van der Waals surface area contributed by atoms with E-state index in [1.807, 2.05) is 18.2 Å². The number of rotatable bonds is 5. The number of nitrogens with zero attached hydrogens (tertiary/aromatic N) is 1. The summed E-state index contributed by atoms with van der Waals surface area (Å²) < 4.78 is 25.1. The van der Waals surface area contributed by atoms with Gasteiger partial charge in [0, 0.05) is 43.7 Å². The van der Waals surface area contributed by atoms with Crippen LogP contribution in [0.2, 0.25) is 0 Å². The molecule has 0 radical (unpaired) electrons. The van der Waals surface area contributed by atoms with Gasteiger partial charge in [-0.25, -0.2) is 4.39 Å². The first-order valence-electron chi connectivity index (χ1n) is 9.95. The van der Waals surface area contributed by atoms with Crippen molar-refractivity contribution in [1.82, 2.24) is 10.2 Å². The molecular weight excluding hydrogens is 371 g/mol. The fraction of sp³-hybridized carbons (Fsp3) is 0.348. The van der Waals surface area contributed by atoms with Gasteiger partial charge in [0.25, 0.3) is 5.91 Å². The second kappa shape index (κ2) is 8.76. The van der Waals surface area contributed by atoms with Gasteiger partial charge in [-0.05, 0) is 37.1 Å². The Morgan fingerprint density at radius 1 is 1.24 bits per heavy atom. The Morgan fingerprint density at radius 3 is 2.90 bits per heavy atom. The summed E-state index contributed by atoms with van der Waals surface area (Å²) in [4.78, 5) is 15.0. The molecule has 1 aromatic heterocycles. The Morgan fingerprint density at radius 2 is 2.07 bits per heavy atom. The van der Waals surface area contributed by atoms with Gasteiger partial charge in [-0.1, -0.05) is 30.3 Å². The maximum absolute atomic E-state index is 13.5. The summed E-state index contributed by atoms with van der Waals surface area (Å²) in [7, 11) is 0. The number of furan rings is 1. The van der Waals surface area contributed by atoms with Crippen LogP contribution < -0.4 is 5.32 Å². The minimum Gasteiger partial charge on any atom is -0.451 e. The predicted molar refractivity (Wildman–Crippen MR) is 109 cm³/mol. The second-order valence-corrected chi connectivity index (χ2v) is 7.47. The smallest absolute Gasteiger partial charge is 0.287 e. The van der Waals surface area contributed by atoms with Crippen LogP contribution in [0.25, 0.3) is 11.0 Å². The maximum Gasteiger partial charge on any atom is 0.287 e. The quantitative estimate of drug-likeness (QED) is 0.711. The van der Waals surface area contributed by atoms with E-state index in [1.54, 1.807) is 13.0 Å². The van der Waals surface area contributed by atoms with Crippen LogP contribution in [-0.4, -0.2) is 43.2 Å². The van der Waals surface area contributed by atoms with E-state index in [0.29, 0.717) is 29.7 Å². The first-order valence-corrected chi connectivity index (χ1v) is 9.95. The van der Waals surface area contributed by atoms with Crippen molar-refractivity contribution >= 4 is 16.9 Å². The normalized spacial score (nSPS) is 17.9. The standard InChI is InChI=1S/C23H25FN2O3/c1-16-20-12-18(24)8-9-21(20)29-22(16)23(27)25-13-19-15-26(10-5-11-28-19)14-17-6-3-2-4-7-17/h2-4,6-9,12,19H,5,10-11,13-15H2,1H3,(H,25,27).